The summed E-state index contributed by atoms with van der Waals surface area (Å²) in [5, 5.41) is 2.52. The maximum atomic E-state index is 2.37. The molecule has 0 saturated heterocycles. The average Bonchev–Trinajstić information content (AvgIpc) is 3.69. The Morgan fingerprint density at radius 1 is 0.404 bits per heavy atom. The molecule has 8 aromatic carbocycles. The molecule has 0 atom stereocenters. The van der Waals surface area contributed by atoms with Crippen LogP contribution in [0.25, 0.3) is 49.7 Å². The van der Waals surface area contributed by atoms with Crippen molar-refractivity contribution in [3.8, 4) is 27.9 Å². The highest BCUT2D eigenvalue weighted by Crippen LogP contribution is 2.52. The molecule has 0 spiro atoms. The van der Waals surface area contributed by atoms with Crippen LogP contribution in [0.1, 0.15) is 23.6 Å². The molecule has 0 bridgehead atoms. The number of rotatable bonds is 6. The summed E-state index contributed by atoms with van der Waals surface area (Å²) >= 11 is 0. The molecule has 0 fully saturated rings. The zero-order valence-electron chi connectivity index (χ0n) is 28.9. The molecular weight excluding hydrogens is 629 g/mol. The lowest BCUT2D eigenvalue weighted by atomic mass is 9.74. The minimum absolute atomic E-state index is 0.223. The third-order valence-corrected chi connectivity index (χ3v) is 11.1. The fourth-order valence-corrected chi connectivity index (χ4v) is 8.54. The molecule has 0 radical (unpaired) electrons. The highest BCUT2D eigenvalue weighted by molar-refractivity contribution is 6.10. The van der Waals surface area contributed by atoms with Crippen molar-refractivity contribution in [2.45, 2.75) is 12.3 Å². The second-order valence-corrected chi connectivity index (χ2v) is 13.9. The van der Waals surface area contributed by atoms with E-state index < -0.39 is 0 Å². The summed E-state index contributed by atoms with van der Waals surface area (Å²) in [6.07, 6.45) is 0. The van der Waals surface area contributed by atoms with Gasteiger partial charge in [-0.25, -0.2) is 0 Å². The largest absolute Gasteiger partial charge is 0.311 e. The summed E-state index contributed by atoms with van der Waals surface area (Å²) in [4.78, 5) is 2.35. The maximum absolute atomic E-state index is 2.37. The molecule has 246 valence electrons. The van der Waals surface area contributed by atoms with E-state index in [1.807, 2.05) is 0 Å². The Balaban J connectivity index is 1.03. The molecule has 0 saturated carbocycles. The van der Waals surface area contributed by atoms with Crippen molar-refractivity contribution >= 4 is 38.9 Å². The summed E-state index contributed by atoms with van der Waals surface area (Å²) in [7, 11) is 0. The predicted molar refractivity (Wildman–Crippen MR) is 218 cm³/mol. The first-order valence-corrected chi connectivity index (χ1v) is 18.0. The van der Waals surface area contributed by atoms with Crippen LogP contribution in [0.2, 0.25) is 0 Å². The van der Waals surface area contributed by atoms with E-state index in [0.29, 0.717) is 0 Å². The van der Waals surface area contributed by atoms with Crippen LogP contribution in [0, 0.1) is 0 Å². The van der Waals surface area contributed by atoms with Gasteiger partial charge in [0.15, 0.2) is 0 Å². The molecule has 10 rings (SSSR count). The van der Waals surface area contributed by atoms with Crippen LogP contribution < -0.4 is 4.90 Å². The lowest BCUT2D eigenvalue weighted by Crippen LogP contribution is -2.22. The number of hydrogen-bond acceptors (Lipinski definition) is 1. The molecule has 1 heterocycles. The van der Waals surface area contributed by atoms with Gasteiger partial charge in [0.2, 0.25) is 0 Å². The zero-order chi connectivity index (χ0) is 34.6. The van der Waals surface area contributed by atoms with E-state index in [9.17, 15) is 0 Å². The van der Waals surface area contributed by atoms with Gasteiger partial charge in [-0.15, -0.1) is 0 Å². The minimum atomic E-state index is -0.223. The highest BCUT2D eigenvalue weighted by Gasteiger charge is 2.40. The molecule has 2 heteroatoms. The van der Waals surface area contributed by atoms with Crippen molar-refractivity contribution in [1.82, 2.24) is 4.57 Å². The zero-order valence-corrected chi connectivity index (χ0v) is 28.9. The normalized spacial score (nSPS) is 12.9. The summed E-state index contributed by atoms with van der Waals surface area (Å²) in [5.74, 6) is 0. The van der Waals surface area contributed by atoms with Gasteiger partial charge >= 0.3 is 0 Å². The summed E-state index contributed by atoms with van der Waals surface area (Å²) < 4.78 is 2.37. The predicted octanol–water partition coefficient (Wildman–Crippen LogP) is 13.3. The topological polar surface area (TPSA) is 8.17 Å². The smallest absolute Gasteiger partial charge is 0.0541 e. The third-order valence-electron chi connectivity index (χ3n) is 11.1. The Labute approximate surface area is 304 Å². The molecule has 1 aliphatic rings. The molecule has 9 aromatic rings. The standard InChI is InChI=1S/C50H36N2/c1-50(46-21-11-8-18-42(46)43-19-9-12-22-47(43)50)37-27-31-41(32-28-37)51(38-14-4-2-5-15-38)40-29-24-35(25-30-40)36-26-33-49-45(34-36)44-20-10-13-23-48(44)52(49)39-16-6-3-7-17-39/h2-34H,1H3. The van der Waals surface area contributed by atoms with Crippen LogP contribution in [0.4, 0.5) is 17.1 Å². The summed E-state index contributed by atoms with van der Waals surface area (Å²) in [6.45, 7) is 2.37. The Bertz CT molecular complexity index is 2680. The first kappa shape index (κ1) is 30.2. The van der Waals surface area contributed by atoms with Gasteiger partial charge < -0.3 is 9.47 Å². The van der Waals surface area contributed by atoms with E-state index >= 15 is 0 Å². The van der Waals surface area contributed by atoms with Gasteiger partial charge in [0.1, 0.15) is 0 Å². The van der Waals surface area contributed by atoms with E-state index in [-0.39, 0.29) is 5.41 Å². The molecule has 0 amide bonds. The SMILES string of the molecule is CC1(c2ccc(N(c3ccccc3)c3ccc(-c4ccc5c(c4)c4ccccc4n5-c4ccccc4)cc3)cc2)c2ccccc2-c2ccccc21. The van der Waals surface area contributed by atoms with Crippen molar-refractivity contribution in [3.05, 3.63) is 217 Å². The fraction of sp³-hybridized carbons (Fsp3) is 0.0400. The minimum Gasteiger partial charge on any atom is -0.311 e. The van der Waals surface area contributed by atoms with E-state index in [1.54, 1.807) is 0 Å². The van der Waals surface area contributed by atoms with E-state index in [0.717, 1.165) is 17.1 Å². The van der Waals surface area contributed by atoms with Gasteiger partial charge in [-0.3, -0.25) is 0 Å². The molecule has 52 heavy (non-hydrogen) atoms. The van der Waals surface area contributed by atoms with Crippen LogP contribution in [0.15, 0.2) is 200 Å². The lowest BCUT2D eigenvalue weighted by molar-refractivity contribution is 0.714. The van der Waals surface area contributed by atoms with Gasteiger partial charge in [-0.05, 0) is 113 Å². The van der Waals surface area contributed by atoms with Gasteiger partial charge in [0, 0.05) is 38.9 Å². The lowest BCUT2D eigenvalue weighted by Gasteiger charge is -2.30. The van der Waals surface area contributed by atoms with E-state index in [4.69, 9.17) is 0 Å². The van der Waals surface area contributed by atoms with Crippen molar-refractivity contribution in [2.75, 3.05) is 4.90 Å². The Hall–Kier alpha value is -6.64. The maximum Gasteiger partial charge on any atom is 0.0541 e. The number of anilines is 3. The fourth-order valence-electron chi connectivity index (χ4n) is 8.54. The van der Waals surface area contributed by atoms with Crippen molar-refractivity contribution in [2.24, 2.45) is 0 Å². The molecule has 0 N–H and O–H groups in total. The number of aromatic nitrogens is 1. The quantitative estimate of drug-likeness (QED) is 0.172. The van der Waals surface area contributed by atoms with Gasteiger partial charge in [0.05, 0.1) is 11.0 Å². The molecule has 1 aliphatic carbocycles. The number of benzene rings is 8. The van der Waals surface area contributed by atoms with Crippen LogP contribution in [0.5, 0.6) is 0 Å². The Morgan fingerprint density at radius 3 is 1.58 bits per heavy atom. The monoisotopic (exact) mass is 664 g/mol. The third kappa shape index (κ3) is 4.65. The van der Waals surface area contributed by atoms with Gasteiger partial charge in [-0.2, -0.15) is 0 Å². The molecule has 0 aliphatic heterocycles. The first-order chi connectivity index (χ1) is 25.7. The summed E-state index contributed by atoms with van der Waals surface area (Å²) in [5.41, 5.74) is 15.8. The van der Waals surface area contributed by atoms with Crippen LogP contribution in [-0.4, -0.2) is 4.57 Å². The first-order valence-electron chi connectivity index (χ1n) is 18.0. The number of para-hydroxylation sites is 3. The van der Waals surface area contributed by atoms with Crippen LogP contribution in [-0.2, 0) is 5.41 Å². The van der Waals surface area contributed by atoms with Gasteiger partial charge in [-0.1, -0.05) is 133 Å². The highest BCUT2D eigenvalue weighted by atomic mass is 15.1. The van der Waals surface area contributed by atoms with Crippen molar-refractivity contribution in [3.63, 3.8) is 0 Å². The van der Waals surface area contributed by atoms with Crippen molar-refractivity contribution < 1.29 is 0 Å². The van der Waals surface area contributed by atoms with E-state index in [1.165, 1.54) is 66.4 Å². The van der Waals surface area contributed by atoms with Crippen LogP contribution in [0.3, 0.4) is 0 Å². The van der Waals surface area contributed by atoms with Gasteiger partial charge in [0.25, 0.3) is 0 Å². The number of nitrogens with zero attached hydrogens (tertiary/aromatic N) is 2. The number of hydrogen-bond donors (Lipinski definition) is 0. The van der Waals surface area contributed by atoms with Crippen molar-refractivity contribution in [1.29, 1.82) is 0 Å². The second kappa shape index (κ2) is 12.0. The molecule has 1 aromatic heterocycles. The van der Waals surface area contributed by atoms with Crippen LogP contribution >= 0.6 is 0 Å². The van der Waals surface area contributed by atoms with E-state index in [2.05, 4.69) is 217 Å². The number of fused-ring (bicyclic) bond motifs is 6. The Morgan fingerprint density at radius 2 is 0.904 bits per heavy atom. The molecule has 0 unspecified atom stereocenters. The average molecular weight is 665 g/mol. The molecule has 2 nitrogen and oxygen atoms in total. The second-order valence-electron chi connectivity index (χ2n) is 13.9. The summed E-state index contributed by atoms with van der Waals surface area (Å²) in [6, 6.07) is 72.8. The Kier molecular flexibility index (Phi) is 6.97. The molecular formula is C50H36N2.